The number of thiocarbonyl (C=S) groups is 1. The van der Waals surface area contributed by atoms with E-state index in [0.29, 0.717) is 0 Å². The van der Waals surface area contributed by atoms with Crippen LogP contribution < -0.4 is 10.5 Å². The Bertz CT molecular complexity index is 233. The standard InChI is InChI=1S/C5H12N2O2S2/c1-4(2)7-11(8,9)3-5(6)10/h4,7H,3H2,1-2H3,(H2,6,10). The predicted octanol–water partition coefficient (Wildman–Crippen LogP) is -0.400. The summed E-state index contributed by atoms with van der Waals surface area (Å²) in [6, 6.07) is -0.116. The van der Waals surface area contributed by atoms with E-state index in [1.807, 2.05) is 0 Å². The average molecular weight is 196 g/mol. The largest absolute Gasteiger partial charge is 0.392 e. The molecular formula is C5H12N2O2S2. The van der Waals surface area contributed by atoms with E-state index in [0.717, 1.165) is 0 Å². The minimum atomic E-state index is -3.30. The van der Waals surface area contributed by atoms with E-state index >= 15 is 0 Å². The normalized spacial score (nSPS) is 11.9. The minimum Gasteiger partial charge on any atom is -0.392 e. The van der Waals surface area contributed by atoms with Crippen LogP contribution in [0.4, 0.5) is 0 Å². The summed E-state index contributed by atoms with van der Waals surface area (Å²) in [6.07, 6.45) is 0. The van der Waals surface area contributed by atoms with Crippen molar-refractivity contribution in [3.8, 4) is 0 Å². The second-order valence-electron chi connectivity index (χ2n) is 2.50. The van der Waals surface area contributed by atoms with E-state index < -0.39 is 10.0 Å². The molecule has 0 bridgehead atoms. The Hall–Kier alpha value is -0.200. The first-order valence-electron chi connectivity index (χ1n) is 3.12. The second-order valence-corrected chi connectivity index (χ2v) is 4.78. The van der Waals surface area contributed by atoms with Gasteiger partial charge in [0, 0.05) is 6.04 Å². The lowest BCUT2D eigenvalue weighted by atomic mass is 10.4. The van der Waals surface area contributed by atoms with E-state index in [1.165, 1.54) is 0 Å². The van der Waals surface area contributed by atoms with E-state index in [4.69, 9.17) is 5.73 Å². The molecule has 0 aliphatic carbocycles. The first-order valence-corrected chi connectivity index (χ1v) is 5.18. The SMILES string of the molecule is CC(C)NS(=O)(=O)CC(N)=S. The van der Waals surface area contributed by atoms with Crippen LogP contribution in [0.25, 0.3) is 0 Å². The molecule has 4 nitrogen and oxygen atoms in total. The van der Waals surface area contributed by atoms with Crippen LogP contribution >= 0.6 is 12.2 Å². The van der Waals surface area contributed by atoms with Crippen molar-refractivity contribution in [3.05, 3.63) is 0 Å². The topological polar surface area (TPSA) is 72.2 Å². The molecule has 0 heterocycles. The van der Waals surface area contributed by atoms with Gasteiger partial charge >= 0.3 is 0 Å². The van der Waals surface area contributed by atoms with Gasteiger partial charge in [0.15, 0.2) is 0 Å². The van der Waals surface area contributed by atoms with Crippen molar-refractivity contribution in [2.45, 2.75) is 19.9 Å². The molecule has 66 valence electrons. The van der Waals surface area contributed by atoms with Gasteiger partial charge in [0.05, 0.1) is 4.99 Å². The number of hydrogen-bond donors (Lipinski definition) is 2. The Morgan fingerprint density at radius 1 is 1.64 bits per heavy atom. The van der Waals surface area contributed by atoms with Crippen LogP contribution in [0.3, 0.4) is 0 Å². The van der Waals surface area contributed by atoms with Crippen LogP contribution in [-0.4, -0.2) is 25.2 Å². The molecule has 0 aliphatic heterocycles. The molecule has 0 spiro atoms. The van der Waals surface area contributed by atoms with Crippen molar-refractivity contribution in [1.82, 2.24) is 4.72 Å². The van der Waals surface area contributed by atoms with Crippen molar-refractivity contribution in [1.29, 1.82) is 0 Å². The highest BCUT2D eigenvalue weighted by Gasteiger charge is 2.12. The number of nitrogens with one attached hydrogen (secondary N) is 1. The summed E-state index contributed by atoms with van der Waals surface area (Å²) in [5, 5.41) is 0. The molecule has 0 aliphatic rings. The summed E-state index contributed by atoms with van der Waals surface area (Å²) in [6.45, 7) is 3.47. The number of sulfonamides is 1. The van der Waals surface area contributed by atoms with Crippen LogP contribution in [0.5, 0.6) is 0 Å². The molecule has 0 saturated carbocycles. The first-order chi connectivity index (χ1) is 4.83. The Morgan fingerprint density at radius 3 is 2.36 bits per heavy atom. The maximum Gasteiger partial charge on any atom is 0.218 e. The van der Waals surface area contributed by atoms with Crippen molar-refractivity contribution < 1.29 is 8.42 Å². The monoisotopic (exact) mass is 196 g/mol. The number of hydrogen-bond acceptors (Lipinski definition) is 3. The van der Waals surface area contributed by atoms with Crippen LogP contribution in [-0.2, 0) is 10.0 Å². The molecule has 0 fully saturated rings. The maximum atomic E-state index is 11.0. The summed E-state index contributed by atoms with van der Waals surface area (Å²) in [4.78, 5) is -0.0156. The summed E-state index contributed by atoms with van der Waals surface area (Å²) in [7, 11) is -3.30. The van der Waals surface area contributed by atoms with Crippen molar-refractivity contribution in [3.63, 3.8) is 0 Å². The summed E-state index contributed by atoms with van der Waals surface area (Å²) < 4.78 is 24.3. The highest BCUT2D eigenvalue weighted by molar-refractivity contribution is 7.92. The fourth-order valence-corrected chi connectivity index (χ4v) is 2.23. The molecule has 0 radical (unpaired) electrons. The number of rotatable bonds is 4. The quantitative estimate of drug-likeness (QED) is 0.600. The molecule has 0 rings (SSSR count). The van der Waals surface area contributed by atoms with Gasteiger partial charge in [-0.05, 0) is 13.8 Å². The Balaban J connectivity index is 4.14. The Morgan fingerprint density at radius 2 is 2.09 bits per heavy atom. The third-order valence-electron chi connectivity index (χ3n) is 0.748. The lowest BCUT2D eigenvalue weighted by molar-refractivity contribution is 0.574. The fourth-order valence-electron chi connectivity index (χ4n) is 0.588. The molecule has 0 atom stereocenters. The lowest BCUT2D eigenvalue weighted by Crippen LogP contribution is -2.36. The summed E-state index contributed by atoms with van der Waals surface area (Å²) in [5.41, 5.74) is 5.07. The molecule has 6 heteroatoms. The van der Waals surface area contributed by atoms with Crippen LogP contribution in [0, 0.1) is 0 Å². The van der Waals surface area contributed by atoms with E-state index in [2.05, 4.69) is 16.9 Å². The molecule has 3 N–H and O–H groups in total. The van der Waals surface area contributed by atoms with Crippen LogP contribution in [0.15, 0.2) is 0 Å². The maximum absolute atomic E-state index is 11.0. The van der Waals surface area contributed by atoms with E-state index in [1.54, 1.807) is 13.8 Å². The van der Waals surface area contributed by atoms with Crippen LogP contribution in [0.1, 0.15) is 13.8 Å². The average Bonchev–Trinajstić information content (AvgIpc) is 1.53. The fraction of sp³-hybridized carbons (Fsp3) is 0.800. The van der Waals surface area contributed by atoms with Gasteiger partial charge in [0.1, 0.15) is 5.75 Å². The minimum absolute atomic E-state index is 0.0156. The highest BCUT2D eigenvalue weighted by atomic mass is 32.2. The highest BCUT2D eigenvalue weighted by Crippen LogP contribution is 1.87. The zero-order chi connectivity index (χ0) is 9.07. The molecule has 11 heavy (non-hydrogen) atoms. The van der Waals surface area contributed by atoms with Gasteiger partial charge in [-0.15, -0.1) is 0 Å². The molecule has 0 amide bonds. The van der Waals surface area contributed by atoms with Gasteiger partial charge in [-0.1, -0.05) is 12.2 Å². The van der Waals surface area contributed by atoms with Crippen molar-refractivity contribution >= 4 is 27.2 Å². The van der Waals surface area contributed by atoms with Crippen molar-refractivity contribution in [2.24, 2.45) is 5.73 Å². The van der Waals surface area contributed by atoms with Crippen molar-refractivity contribution in [2.75, 3.05) is 5.75 Å². The summed E-state index contributed by atoms with van der Waals surface area (Å²) in [5.74, 6) is -0.277. The first kappa shape index (κ1) is 10.8. The number of nitrogens with two attached hydrogens (primary N) is 1. The zero-order valence-corrected chi connectivity index (χ0v) is 8.13. The van der Waals surface area contributed by atoms with Crippen LogP contribution in [0.2, 0.25) is 0 Å². The summed E-state index contributed by atoms with van der Waals surface area (Å²) >= 11 is 4.46. The Kier molecular flexibility index (Phi) is 3.91. The smallest absolute Gasteiger partial charge is 0.218 e. The van der Waals surface area contributed by atoms with Gasteiger partial charge in [-0.25, -0.2) is 13.1 Å². The van der Waals surface area contributed by atoms with Gasteiger partial charge in [0.2, 0.25) is 10.0 Å². The van der Waals surface area contributed by atoms with E-state index in [9.17, 15) is 8.42 Å². The zero-order valence-electron chi connectivity index (χ0n) is 6.49. The van der Waals surface area contributed by atoms with Gasteiger partial charge in [0.25, 0.3) is 0 Å². The molecule has 0 aromatic heterocycles. The second kappa shape index (κ2) is 3.99. The molecule has 0 saturated heterocycles. The Labute approximate surface area is 72.2 Å². The predicted molar refractivity (Wildman–Crippen MR) is 48.8 cm³/mol. The van der Waals surface area contributed by atoms with Gasteiger partial charge < -0.3 is 5.73 Å². The third-order valence-corrected chi connectivity index (χ3v) is 2.60. The lowest BCUT2D eigenvalue weighted by Gasteiger charge is -2.07. The molecule has 0 unspecified atom stereocenters. The molecule has 0 aromatic rings. The third kappa shape index (κ3) is 6.21. The van der Waals surface area contributed by atoms with Gasteiger partial charge in [-0.2, -0.15) is 0 Å². The molecule has 0 aromatic carbocycles. The van der Waals surface area contributed by atoms with E-state index in [-0.39, 0.29) is 16.8 Å². The van der Waals surface area contributed by atoms with Gasteiger partial charge in [-0.3, -0.25) is 0 Å². The molecular weight excluding hydrogens is 184 g/mol.